The van der Waals surface area contributed by atoms with Crippen LogP contribution in [-0.4, -0.2) is 90.2 Å². The Morgan fingerprint density at radius 1 is 1.00 bits per heavy atom. The third-order valence-corrected chi connectivity index (χ3v) is 11.1. The first-order valence-corrected chi connectivity index (χ1v) is 16.7. The van der Waals surface area contributed by atoms with E-state index in [-0.39, 0.29) is 36.4 Å². The molecular formula is C33H47NO10S. The molecule has 5 rings (SSSR count). The molecule has 4 aliphatic rings. The van der Waals surface area contributed by atoms with Crippen molar-refractivity contribution in [2.24, 2.45) is 17.8 Å². The summed E-state index contributed by atoms with van der Waals surface area (Å²) in [5, 5.41) is 0. The van der Waals surface area contributed by atoms with Crippen LogP contribution < -0.4 is 0 Å². The molecule has 45 heavy (non-hydrogen) atoms. The zero-order valence-corrected chi connectivity index (χ0v) is 28.5. The second-order valence-corrected chi connectivity index (χ2v) is 14.4. The summed E-state index contributed by atoms with van der Waals surface area (Å²) >= 11 is 1.67. The van der Waals surface area contributed by atoms with Gasteiger partial charge in [0.2, 0.25) is 5.91 Å². The first-order valence-electron chi connectivity index (χ1n) is 15.8. The summed E-state index contributed by atoms with van der Waals surface area (Å²) in [5.74, 6) is -3.51. The molecule has 11 atom stereocenters. The van der Waals surface area contributed by atoms with Crippen molar-refractivity contribution in [2.75, 3.05) is 13.7 Å². The maximum absolute atomic E-state index is 13.6. The Balaban J connectivity index is 1.43. The molecule has 0 radical (unpaired) electrons. The van der Waals surface area contributed by atoms with Crippen LogP contribution in [-0.2, 0) is 42.7 Å². The number of methoxy groups -OCH3 is 1. The lowest BCUT2D eigenvalue weighted by molar-refractivity contribution is -0.317. The van der Waals surface area contributed by atoms with E-state index in [1.165, 1.54) is 19.6 Å². The highest BCUT2D eigenvalue weighted by molar-refractivity contribution is 7.99. The molecule has 4 fully saturated rings. The summed E-state index contributed by atoms with van der Waals surface area (Å²) < 4.78 is 43.1. The zero-order chi connectivity index (χ0) is 32.8. The van der Waals surface area contributed by atoms with Crippen molar-refractivity contribution < 1.29 is 47.5 Å². The molecule has 0 aromatic heterocycles. The Hall–Kier alpha value is -2.22. The predicted octanol–water partition coefficient (Wildman–Crippen LogP) is 5.06. The fourth-order valence-electron chi connectivity index (χ4n) is 6.94. The average Bonchev–Trinajstić information content (AvgIpc) is 3.51. The quantitative estimate of drug-likeness (QED) is 0.352. The SMILES string of the molecule is CC[C@H]1OC(C)(C)O[C@H]1C1O[C@@](OCC2O[C@@H](Sc3ccc(C)cc3)C(C)[C@@H](C)[C@H]2C)(C(=O)OC)C[C@H]2OC(=O)N(C(C)=O)[C@@H]12. The van der Waals surface area contributed by atoms with Gasteiger partial charge < -0.3 is 33.2 Å². The van der Waals surface area contributed by atoms with Crippen molar-refractivity contribution in [3.05, 3.63) is 29.8 Å². The number of hydrogen-bond acceptors (Lipinski definition) is 11. The average molecular weight is 650 g/mol. The Bertz CT molecular complexity index is 1260. The molecule has 4 heterocycles. The molecular weight excluding hydrogens is 602 g/mol. The number of nitrogens with zero attached hydrogens (tertiary/aromatic N) is 1. The minimum Gasteiger partial charge on any atom is -0.465 e. The van der Waals surface area contributed by atoms with E-state index in [0.717, 1.165) is 9.80 Å². The first kappa shape index (κ1) is 34.1. The van der Waals surface area contributed by atoms with Crippen molar-refractivity contribution in [3.63, 3.8) is 0 Å². The van der Waals surface area contributed by atoms with Gasteiger partial charge in [-0.15, -0.1) is 0 Å². The van der Waals surface area contributed by atoms with Crippen LogP contribution in [0.15, 0.2) is 29.2 Å². The molecule has 1 aromatic rings. The summed E-state index contributed by atoms with van der Waals surface area (Å²) in [4.78, 5) is 41.4. The van der Waals surface area contributed by atoms with Gasteiger partial charge in [0.25, 0.3) is 5.79 Å². The van der Waals surface area contributed by atoms with Gasteiger partial charge >= 0.3 is 12.1 Å². The molecule has 0 bridgehead atoms. The van der Waals surface area contributed by atoms with Crippen LogP contribution in [0.25, 0.3) is 0 Å². The van der Waals surface area contributed by atoms with Crippen LogP contribution in [0.2, 0.25) is 0 Å². The highest BCUT2D eigenvalue weighted by Crippen LogP contribution is 2.46. The summed E-state index contributed by atoms with van der Waals surface area (Å²) in [6.45, 7) is 15.4. The molecule has 11 nitrogen and oxygen atoms in total. The van der Waals surface area contributed by atoms with Gasteiger partial charge in [0, 0.05) is 11.8 Å². The summed E-state index contributed by atoms with van der Waals surface area (Å²) in [5.41, 5.74) is 1.05. The van der Waals surface area contributed by atoms with E-state index >= 15 is 0 Å². The highest BCUT2D eigenvalue weighted by atomic mass is 32.2. The van der Waals surface area contributed by atoms with Crippen LogP contribution in [0, 0.1) is 24.7 Å². The maximum Gasteiger partial charge on any atom is 0.417 e. The van der Waals surface area contributed by atoms with Crippen LogP contribution in [0.1, 0.15) is 66.9 Å². The lowest BCUT2D eigenvalue weighted by Gasteiger charge is -2.47. The Morgan fingerprint density at radius 3 is 2.31 bits per heavy atom. The van der Waals surface area contributed by atoms with E-state index in [4.69, 9.17) is 33.2 Å². The molecule has 1 aromatic carbocycles. The van der Waals surface area contributed by atoms with Crippen LogP contribution >= 0.6 is 11.8 Å². The summed E-state index contributed by atoms with van der Waals surface area (Å²) in [6, 6.07) is 7.50. The highest BCUT2D eigenvalue weighted by Gasteiger charge is 2.65. The van der Waals surface area contributed by atoms with E-state index in [2.05, 4.69) is 52.0 Å². The fourth-order valence-corrected chi connectivity index (χ4v) is 8.16. The number of ether oxygens (including phenoxy) is 7. The first-order chi connectivity index (χ1) is 21.2. The monoisotopic (exact) mass is 649 g/mol. The third-order valence-electron chi connectivity index (χ3n) is 9.78. The molecule has 4 saturated heterocycles. The summed E-state index contributed by atoms with van der Waals surface area (Å²) in [6.07, 6.45) is -3.85. The number of carbonyl (C=O) groups excluding carboxylic acids is 3. The number of thioether (sulfide) groups is 1. The minimum atomic E-state index is -1.95. The van der Waals surface area contributed by atoms with Gasteiger partial charge in [-0.2, -0.15) is 0 Å². The number of hydrogen-bond donors (Lipinski definition) is 0. The van der Waals surface area contributed by atoms with Crippen LogP contribution in [0.5, 0.6) is 0 Å². The lowest BCUT2D eigenvalue weighted by Crippen LogP contribution is -2.66. The Kier molecular flexibility index (Phi) is 9.95. The van der Waals surface area contributed by atoms with Crippen molar-refractivity contribution >= 4 is 29.7 Å². The standard InChI is InChI=1S/C33H47NO10S/c1-10-23-27(43-32(7,8)42-23)28-26-24(41-31(37)34(26)21(6)35)15-33(44-28,30(36)38-9)39-16-25-19(4)18(3)20(5)29(40-25)45-22-13-11-17(2)12-14-22/h11-14,18-20,23-29H,10,15-16H2,1-9H3/t18-,19+,20?,23+,24+,25?,26+,27+,28?,29-,33+/m0/s1. The zero-order valence-electron chi connectivity index (χ0n) is 27.6. The van der Waals surface area contributed by atoms with Crippen LogP contribution in [0.3, 0.4) is 0 Å². The molecule has 0 spiro atoms. The number of imide groups is 1. The maximum atomic E-state index is 13.6. The molecule has 2 amide bonds. The Labute approximate surface area is 269 Å². The number of amides is 2. The number of esters is 1. The number of rotatable bonds is 8. The van der Waals surface area contributed by atoms with Crippen molar-refractivity contribution in [1.29, 1.82) is 0 Å². The van der Waals surface area contributed by atoms with Crippen molar-refractivity contribution in [2.45, 2.75) is 127 Å². The molecule has 0 aliphatic carbocycles. The Morgan fingerprint density at radius 2 is 1.69 bits per heavy atom. The summed E-state index contributed by atoms with van der Waals surface area (Å²) in [7, 11) is 1.26. The van der Waals surface area contributed by atoms with E-state index < -0.39 is 60.0 Å². The lowest BCUT2D eigenvalue weighted by atomic mass is 9.80. The van der Waals surface area contributed by atoms with E-state index in [1.54, 1.807) is 25.6 Å². The van der Waals surface area contributed by atoms with E-state index in [9.17, 15) is 14.4 Å². The second-order valence-electron chi connectivity index (χ2n) is 13.2. The second kappa shape index (κ2) is 13.1. The number of benzene rings is 1. The van der Waals surface area contributed by atoms with Gasteiger partial charge in [0.05, 0.1) is 32.3 Å². The van der Waals surface area contributed by atoms with Gasteiger partial charge in [0.15, 0.2) is 5.79 Å². The number of fused-ring (bicyclic) bond motifs is 1. The van der Waals surface area contributed by atoms with Gasteiger partial charge in [-0.05, 0) is 57.1 Å². The van der Waals surface area contributed by atoms with Gasteiger partial charge in [-0.1, -0.05) is 57.2 Å². The number of aryl methyl sites for hydroxylation is 1. The van der Waals surface area contributed by atoms with Gasteiger partial charge in [0.1, 0.15) is 29.8 Å². The van der Waals surface area contributed by atoms with E-state index in [0.29, 0.717) is 12.3 Å². The van der Waals surface area contributed by atoms with Gasteiger partial charge in [-0.3, -0.25) is 4.79 Å². The number of carbonyl (C=O) groups is 3. The molecule has 250 valence electrons. The van der Waals surface area contributed by atoms with Crippen molar-refractivity contribution in [3.8, 4) is 0 Å². The molecule has 0 saturated carbocycles. The van der Waals surface area contributed by atoms with Gasteiger partial charge in [-0.25, -0.2) is 14.5 Å². The minimum absolute atomic E-state index is 0.0253. The topological polar surface area (TPSA) is 119 Å². The van der Waals surface area contributed by atoms with Crippen LogP contribution in [0.4, 0.5) is 4.79 Å². The fraction of sp³-hybridized carbons (Fsp3) is 0.727. The molecule has 3 unspecified atom stereocenters. The normalized spacial score (nSPS) is 39.3. The molecule has 4 aliphatic heterocycles. The van der Waals surface area contributed by atoms with E-state index in [1.807, 2.05) is 6.92 Å². The largest absolute Gasteiger partial charge is 0.465 e. The third kappa shape index (κ3) is 6.64. The smallest absolute Gasteiger partial charge is 0.417 e. The van der Waals surface area contributed by atoms with Crippen molar-refractivity contribution in [1.82, 2.24) is 4.90 Å². The molecule has 0 N–H and O–H groups in total. The molecule has 12 heteroatoms. The predicted molar refractivity (Wildman–Crippen MR) is 164 cm³/mol.